The number of methoxy groups -OCH3 is 1. The van der Waals surface area contributed by atoms with Crippen molar-refractivity contribution in [1.82, 2.24) is 5.43 Å². The van der Waals surface area contributed by atoms with Crippen LogP contribution in [-0.4, -0.2) is 30.5 Å². The van der Waals surface area contributed by atoms with Crippen LogP contribution in [0, 0.1) is 0 Å². The van der Waals surface area contributed by atoms with E-state index in [-0.39, 0.29) is 17.8 Å². The molecule has 0 spiro atoms. The molecule has 3 amide bonds. The number of hydrogen-bond donors (Lipinski definition) is 3. The topological polar surface area (TPSA) is 109 Å². The Bertz CT molecular complexity index is 989. The van der Waals surface area contributed by atoms with Crippen molar-refractivity contribution in [2.75, 3.05) is 17.7 Å². The Morgan fingerprint density at radius 3 is 2.26 bits per heavy atom. The monoisotopic (exact) mass is 436 g/mol. The zero-order chi connectivity index (χ0) is 23.0. The predicted octanol–water partition coefficient (Wildman–Crippen LogP) is 3.17. The number of carbonyl (C=O) groups excluding carboxylic acids is 3. The van der Waals surface area contributed by atoms with Gasteiger partial charge in [-0.25, -0.2) is 5.43 Å². The van der Waals surface area contributed by atoms with Crippen LogP contribution in [0.3, 0.4) is 0 Å². The van der Waals surface area contributed by atoms with Gasteiger partial charge in [-0.1, -0.05) is 6.07 Å². The molecule has 0 unspecified atom stereocenters. The average Bonchev–Trinajstić information content (AvgIpc) is 2.72. The lowest BCUT2D eigenvalue weighted by atomic mass is 10.2. The Morgan fingerprint density at radius 2 is 1.65 bits per heavy atom. The van der Waals surface area contributed by atoms with Crippen molar-refractivity contribution >= 4 is 34.8 Å². The molecule has 0 aliphatic rings. The van der Waals surface area contributed by atoms with E-state index < -0.39 is 29.5 Å². The van der Waals surface area contributed by atoms with E-state index in [4.69, 9.17) is 4.74 Å². The number of halogens is 3. The number of hydrogen-bond acceptors (Lipinski definition) is 5. The number of anilines is 2. The number of rotatable bonds is 6. The molecule has 2 aromatic rings. The third-order valence-corrected chi connectivity index (χ3v) is 3.79. The fourth-order valence-electron chi connectivity index (χ4n) is 2.31. The van der Waals surface area contributed by atoms with Crippen LogP contribution in [0.1, 0.15) is 18.9 Å². The average molecular weight is 436 g/mol. The molecular formula is C20H19F3N4O4. The minimum atomic E-state index is -4.53. The summed E-state index contributed by atoms with van der Waals surface area (Å²) in [6.45, 7) is 1.41. The summed E-state index contributed by atoms with van der Waals surface area (Å²) < 4.78 is 43.1. The first kappa shape index (κ1) is 23.4. The Labute approximate surface area is 175 Å². The molecule has 2 rings (SSSR count). The Morgan fingerprint density at radius 1 is 0.968 bits per heavy atom. The molecule has 2 aromatic carbocycles. The van der Waals surface area contributed by atoms with Crippen molar-refractivity contribution in [2.24, 2.45) is 5.10 Å². The fourth-order valence-corrected chi connectivity index (χ4v) is 2.31. The van der Waals surface area contributed by atoms with E-state index in [0.717, 1.165) is 12.1 Å². The van der Waals surface area contributed by atoms with Gasteiger partial charge in [-0.15, -0.1) is 0 Å². The third kappa shape index (κ3) is 7.46. The second-order valence-corrected chi connectivity index (χ2v) is 6.27. The number of hydrazone groups is 1. The molecule has 0 aliphatic heterocycles. The van der Waals surface area contributed by atoms with Gasteiger partial charge in [0.1, 0.15) is 5.75 Å². The predicted molar refractivity (Wildman–Crippen MR) is 108 cm³/mol. The first-order valence-corrected chi connectivity index (χ1v) is 8.84. The molecule has 11 heteroatoms. The highest BCUT2D eigenvalue weighted by Gasteiger charge is 2.30. The quantitative estimate of drug-likeness (QED) is 0.367. The van der Waals surface area contributed by atoms with Crippen molar-refractivity contribution in [2.45, 2.75) is 19.5 Å². The van der Waals surface area contributed by atoms with Gasteiger partial charge in [-0.05, 0) is 49.4 Å². The fraction of sp³-hybridized carbons (Fsp3) is 0.200. The molecule has 31 heavy (non-hydrogen) atoms. The maximum Gasteiger partial charge on any atom is 0.416 e. The summed E-state index contributed by atoms with van der Waals surface area (Å²) in [6.07, 6.45) is -4.84. The molecule has 164 valence electrons. The van der Waals surface area contributed by atoms with E-state index in [2.05, 4.69) is 15.7 Å². The van der Waals surface area contributed by atoms with Gasteiger partial charge in [0.2, 0.25) is 5.91 Å². The van der Waals surface area contributed by atoms with Gasteiger partial charge in [-0.3, -0.25) is 14.4 Å². The minimum absolute atomic E-state index is 0.0319. The summed E-state index contributed by atoms with van der Waals surface area (Å²) >= 11 is 0. The maximum atomic E-state index is 12.7. The van der Waals surface area contributed by atoms with Gasteiger partial charge < -0.3 is 15.4 Å². The molecule has 8 nitrogen and oxygen atoms in total. The Hall–Kier alpha value is -3.89. The lowest BCUT2D eigenvalue weighted by Gasteiger charge is -2.10. The second-order valence-electron chi connectivity index (χ2n) is 6.27. The van der Waals surface area contributed by atoms with Gasteiger partial charge in [0.15, 0.2) is 0 Å². The van der Waals surface area contributed by atoms with Crippen LogP contribution in [-0.2, 0) is 20.6 Å². The lowest BCUT2D eigenvalue weighted by Crippen LogP contribution is -2.33. The summed E-state index contributed by atoms with van der Waals surface area (Å²) in [5.41, 5.74) is 1.57. The molecule has 0 atom stereocenters. The van der Waals surface area contributed by atoms with Gasteiger partial charge in [0.25, 0.3) is 0 Å². The van der Waals surface area contributed by atoms with Crippen LogP contribution in [0.25, 0.3) is 0 Å². The number of ether oxygens (including phenoxy) is 1. The summed E-state index contributed by atoms with van der Waals surface area (Å²) in [5.74, 6) is -2.10. The zero-order valence-corrected chi connectivity index (χ0v) is 16.5. The van der Waals surface area contributed by atoms with Crippen LogP contribution in [0.2, 0.25) is 0 Å². The maximum absolute atomic E-state index is 12.7. The lowest BCUT2D eigenvalue weighted by molar-refractivity contribution is -0.137. The third-order valence-electron chi connectivity index (χ3n) is 3.79. The number of alkyl halides is 3. The normalized spacial score (nSPS) is 11.5. The first-order valence-electron chi connectivity index (χ1n) is 8.84. The summed E-state index contributed by atoms with van der Waals surface area (Å²) in [5, 5.41) is 8.32. The van der Waals surface area contributed by atoms with Crippen molar-refractivity contribution in [3.63, 3.8) is 0 Å². The van der Waals surface area contributed by atoms with E-state index in [0.29, 0.717) is 11.4 Å². The van der Waals surface area contributed by atoms with Crippen LogP contribution in [0.5, 0.6) is 5.75 Å². The van der Waals surface area contributed by atoms with E-state index in [1.165, 1.54) is 38.3 Å². The summed E-state index contributed by atoms with van der Waals surface area (Å²) in [7, 11) is 1.49. The molecule has 0 aromatic heterocycles. The number of amides is 3. The molecule has 0 radical (unpaired) electrons. The molecule has 0 bridgehead atoms. The van der Waals surface area contributed by atoms with Gasteiger partial charge in [0.05, 0.1) is 19.1 Å². The summed E-state index contributed by atoms with van der Waals surface area (Å²) in [6, 6.07) is 10.4. The van der Waals surface area contributed by atoms with Crippen molar-refractivity contribution in [3.05, 3.63) is 54.1 Å². The SMILES string of the molecule is COc1ccc(NC(=O)C(=O)N/N=C(\C)CC(=O)Nc2cccc(C(F)(F)F)c2)cc1. The molecule has 0 saturated carbocycles. The number of benzene rings is 2. The Kier molecular flexibility index (Phi) is 7.72. The second kappa shape index (κ2) is 10.2. The van der Waals surface area contributed by atoms with Crippen LogP contribution in [0.15, 0.2) is 53.6 Å². The van der Waals surface area contributed by atoms with Crippen molar-refractivity contribution < 1.29 is 32.3 Å². The van der Waals surface area contributed by atoms with E-state index >= 15 is 0 Å². The number of nitrogens with one attached hydrogen (secondary N) is 3. The molecule has 0 heterocycles. The van der Waals surface area contributed by atoms with Gasteiger partial charge >= 0.3 is 18.0 Å². The van der Waals surface area contributed by atoms with Gasteiger partial charge in [-0.2, -0.15) is 18.3 Å². The van der Waals surface area contributed by atoms with E-state index in [1.807, 2.05) is 5.43 Å². The van der Waals surface area contributed by atoms with E-state index in [9.17, 15) is 27.6 Å². The minimum Gasteiger partial charge on any atom is -0.497 e. The number of carbonyl (C=O) groups is 3. The highest BCUT2D eigenvalue weighted by atomic mass is 19.4. The van der Waals surface area contributed by atoms with Gasteiger partial charge in [0, 0.05) is 17.1 Å². The van der Waals surface area contributed by atoms with Crippen LogP contribution < -0.4 is 20.8 Å². The zero-order valence-electron chi connectivity index (χ0n) is 16.5. The molecule has 0 saturated heterocycles. The molecule has 0 aliphatic carbocycles. The first-order chi connectivity index (χ1) is 14.6. The molecule has 3 N–H and O–H groups in total. The number of nitrogens with zero attached hydrogens (tertiary/aromatic N) is 1. The van der Waals surface area contributed by atoms with Crippen LogP contribution in [0.4, 0.5) is 24.5 Å². The standard InChI is InChI=1S/C20H19F3N4O4/c1-12(10-17(28)24-15-5-3-4-13(11-15)20(21,22)23)26-27-19(30)18(29)25-14-6-8-16(31-2)9-7-14/h3-9,11H,10H2,1-2H3,(H,24,28)(H,25,29)(H,27,30)/b26-12+. The van der Waals surface area contributed by atoms with E-state index in [1.54, 1.807) is 12.1 Å². The highest BCUT2D eigenvalue weighted by Crippen LogP contribution is 2.30. The highest BCUT2D eigenvalue weighted by molar-refractivity contribution is 6.39. The molecular weight excluding hydrogens is 417 g/mol. The largest absolute Gasteiger partial charge is 0.497 e. The summed E-state index contributed by atoms with van der Waals surface area (Å²) in [4.78, 5) is 35.7. The van der Waals surface area contributed by atoms with Crippen molar-refractivity contribution in [3.8, 4) is 5.75 Å². The smallest absolute Gasteiger partial charge is 0.416 e. The molecule has 0 fully saturated rings. The van der Waals surface area contributed by atoms with Crippen molar-refractivity contribution in [1.29, 1.82) is 0 Å². The Balaban J connectivity index is 1.86. The van der Waals surface area contributed by atoms with Crippen LogP contribution >= 0.6 is 0 Å².